The fourth-order valence-electron chi connectivity index (χ4n) is 2.97. The number of rotatable bonds is 6. The highest BCUT2D eigenvalue weighted by Crippen LogP contribution is 2.18. The van der Waals surface area contributed by atoms with Crippen LogP contribution in [0.3, 0.4) is 0 Å². The van der Waals surface area contributed by atoms with Crippen LogP contribution in [0.15, 0.2) is 76.1 Å². The summed E-state index contributed by atoms with van der Waals surface area (Å²) in [6.45, 7) is 4.04. The van der Waals surface area contributed by atoms with E-state index in [1.807, 2.05) is 31.2 Å². The zero-order chi connectivity index (χ0) is 21.0. The van der Waals surface area contributed by atoms with Gasteiger partial charge in [-0.15, -0.1) is 0 Å². The van der Waals surface area contributed by atoms with Crippen LogP contribution in [-0.4, -0.2) is 16.3 Å². The second-order valence-corrected chi connectivity index (χ2v) is 7.85. The Morgan fingerprint density at radius 3 is 2.38 bits per heavy atom. The van der Waals surface area contributed by atoms with E-state index in [-0.39, 0.29) is 6.54 Å². The molecule has 1 atom stereocenters. The molecular weight excluding hydrogens is 432 g/mol. The molecule has 0 radical (unpaired) electrons. The maximum absolute atomic E-state index is 13.2. The van der Waals surface area contributed by atoms with Crippen molar-refractivity contribution in [3.63, 3.8) is 0 Å². The number of benzene rings is 2. The molecule has 1 heterocycles. The van der Waals surface area contributed by atoms with Crippen molar-refractivity contribution in [2.24, 2.45) is 0 Å². The number of hydrogen-bond donors (Lipinski definition) is 1. The minimum atomic E-state index is -1.29. The molecule has 0 saturated carbocycles. The second kappa shape index (κ2) is 9.01. The van der Waals surface area contributed by atoms with Crippen LogP contribution in [0.25, 0.3) is 0 Å². The Hall–Kier alpha value is -2.99. The Morgan fingerprint density at radius 2 is 1.72 bits per heavy atom. The lowest BCUT2D eigenvalue weighted by molar-refractivity contribution is -0.123. The van der Waals surface area contributed by atoms with Crippen molar-refractivity contribution in [2.75, 3.05) is 0 Å². The molecule has 0 aliphatic carbocycles. The zero-order valence-corrected chi connectivity index (χ0v) is 17.8. The molecule has 1 amide bonds. The van der Waals surface area contributed by atoms with Crippen molar-refractivity contribution in [1.29, 1.82) is 0 Å². The average molecular weight is 453 g/mol. The number of nitrogens with one attached hydrogen (secondary N) is 1. The summed E-state index contributed by atoms with van der Waals surface area (Å²) in [4.78, 5) is 38.7. The first kappa shape index (κ1) is 20.7. The Morgan fingerprint density at radius 1 is 1.00 bits per heavy atom. The van der Waals surface area contributed by atoms with Gasteiger partial charge in [0.05, 0.1) is 0 Å². The molecule has 0 fully saturated rings. The molecule has 3 aromatic rings. The smallest absolute Gasteiger partial charge is 0.251 e. The van der Waals surface area contributed by atoms with Crippen molar-refractivity contribution in [3.05, 3.63) is 104 Å². The molecule has 2 aromatic carbocycles. The number of ketones is 1. The van der Waals surface area contributed by atoms with Crippen LogP contribution in [-0.2, 0) is 11.3 Å². The molecule has 0 aliphatic rings. The standard InChI is InChI=1S/C23H21BrN2O3/c1-15-6-8-17(9-7-15)14-25-23(29)21(26-11-10-16(2)12-20(26)27)22(28)18-4-3-5-19(24)13-18/h3-13,21H,14H2,1-2H3,(H,25,29)/t21-/m0/s1. The summed E-state index contributed by atoms with van der Waals surface area (Å²) < 4.78 is 1.90. The minimum Gasteiger partial charge on any atom is -0.350 e. The molecule has 29 heavy (non-hydrogen) atoms. The molecule has 1 N–H and O–H groups in total. The van der Waals surface area contributed by atoms with Crippen molar-refractivity contribution in [3.8, 4) is 0 Å². The highest BCUT2D eigenvalue weighted by molar-refractivity contribution is 9.10. The lowest BCUT2D eigenvalue weighted by Crippen LogP contribution is -2.41. The lowest BCUT2D eigenvalue weighted by atomic mass is 10.0. The van der Waals surface area contributed by atoms with E-state index in [0.717, 1.165) is 21.2 Å². The molecule has 5 nitrogen and oxygen atoms in total. The quantitative estimate of drug-likeness (QED) is 0.454. The van der Waals surface area contributed by atoms with Crippen LogP contribution in [0.4, 0.5) is 0 Å². The van der Waals surface area contributed by atoms with Gasteiger partial charge in [0.2, 0.25) is 0 Å². The van der Waals surface area contributed by atoms with Gasteiger partial charge in [0.15, 0.2) is 11.8 Å². The van der Waals surface area contributed by atoms with Crippen LogP contribution >= 0.6 is 15.9 Å². The molecular formula is C23H21BrN2O3. The Balaban J connectivity index is 1.93. The number of amides is 1. The van der Waals surface area contributed by atoms with Gasteiger partial charge in [-0.1, -0.05) is 57.9 Å². The highest BCUT2D eigenvalue weighted by atomic mass is 79.9. The van der Waals surface area contributed by atoms with Gasteiger partial charge in [-0.3, -0.25) is 19.0 Å². The van der Waals surface area contributed by atoms with Crippen LogP contribution < -0.4 is 10.9 Å². The van der Waals surface area contributed by atoms with Gasteiger partial charge in [0.1, 0.15) is 0 Å². The molecule has 0 aliphatic heterocycles. The molecule has 0 saturated heterocycles. The van der Waals surface area contributed by atoms with Gasteiger partial charge in [0.25, 0.3) is 11.5 Å². The summed E-state index contributed by atoms with van der Waals surface area (Å²) in [5, 5.41) is 2.79. The summed E-state index contributed by atoms with van der Waals surface area (Å²) >= 11 is 3.34. The second-order valence-electron chi connectivity index (χ2n) is 6.93. The topological polar surface area (TPSA) is 68.2 Å². The van der Waals surface area contributed by atoms with E-state index in [1.165, 1.54) is 16.8 Å². The number of nitrogens with zero attached hydrogens (tertiary/aromatic N) is 1. The molecule has 0 bridgehead atoms. The highest BCUT2D eigenvalue weighted by Gasteiger charge is 2.30. The van der Waals surface area contributed by atoms with Gasteiger partial charge < -0.3 is 5.32 Å². The van der Waals surface area contributed by atoms with E-state index in [2.05, 4.69) is 21.2 Å². The van der Waals surface area contributed by atoms with Crippen LogP contribution in [0.5, 0.6) is 0 Å². The first-order chi connectivity index (χ1) is 13.8. The van der Waals surface area contributed by atoms with Crippen LogP contribution in [0, 0.1) is 13.8 Å². The summed E-state index contributed by atoms with van der Waals surface area (Å²) in [5.74, 6) is -0.972. The van der Waals surface area contributed by atoms with Gasteiger partial charge >= 0.3 is 0 Å². The first-order valence-corrected chi connectivity index (χ1v) is 9.96. The zero-order valence-electron chi connectivity index (χ0n) is 16.2. The van der Waals surface area contributed by atoms with Crippen molar-refractivity contribution in [2.45, 2.75) is 26.4 Å². The number of hydrogen-bond acceptors (Lipinski definition) is 3. The molecule has 3 rings (SSSR count). The van der Waals surface area contributed by atoms with Crippen molar-refractivity contribution in [1.82, 2.24) is 9.88 Å². The van der Waals surface area contributed by atoms with Crippen LogP contribution in [0.1, 0.15) is 33.1 Å². The summed E-state index contributed by atoms with van der Waals surface area (Å²) in [6, 6.07) is 16.4. The van der Waals surface area contributed by atoms with Crippen molar-refractivity contribution < 1.29 is 9.59 Å². The minimum absolute atomic E-state index is 0.266. The maximum atomic E-state index is 13.2. The van der Waals surface area contributed by atoms with E-state index >= 15 is 0 Å². The predicted molar refractivity (Wildman–Crippen MR) is 116 cm³/mol. The third kappa shape index (κ3) is 5.09. The number of Topliss-reactive ketones (excluding diaryl/α,β-unsaturated/α-hetero) is 1. The summed E-state index contributed by atoms with van der Waals surface area (Å²) in [7, 11) is 0. The number of pyridine rings is 1. The summed E-state index contributed by atoms with van der Waals surface area (Å²) in [6.07, 6.45) is 1.49. The lowest BCUT2D eigenvalue weighted by Gasteiger charge is -2.19. The molecule has 0 unspecified atom stereocenters. The molecule has 148 valence electrons. The van der Waals surface area contributed by atoms with E-state index in [1.54, 1.807) is 37.3 Å². The normalized spacial score (nSPS) is 11.7. The largest absolute Gasteiger partial charge is 0.350 e. The van der Waals surface area contributed by atoms with Gasteiger partial charge in [-0.05, 0) is 43.2 Å². The first-order valence-electron chi connectivity index (χ1n) is 9.17. The number of carbonyl (C=O) groups excluding carboxylic acids is 2. The van der Waals surface area contributed by atoms with Gasteiger partial charge in [-0.2, -0.15) is 0 Å². The van der Waals surface area contributed by atoms with E-state index < -0.39 is 23.3 Å². The fourth-order valence-corrected chi connectivity index (χ4v) is 3.36. The Kier molecular flexibility index (Phi) is 6.44. The van der Waals surface area contributed by atoms with Gasteiger partial charge in [0, 0.05) is 28.8 Å². The summed E-state index contributed by atoms with van der Waals surface area (Å²) in [5.41, 5.74) is 2.74. The number of carbonyl (C=O) groups is 2. The number of aromatic nitrogens is 1. The molecule has 6 heteroatoms. The fraction of sp³-hybridized carbons (Fsp3) is 0.174. The molecule has 0 spiro atoms. The van der Waals surface area contributed by atoms with E-state index in [4.69, 9.17) is 0 Å². The van der Waals surface area contributed by atoms with Crippen molar-refractivity contribution >= 4 is 27.6 Å². The van der Waals surface area contributed by atoms with Gasteiger partial charge in [-0.25, -0.2) is 0 Å². The van der Waals surface area contributed by atoms with Crippen LogP contribution in [0.2, 0.25) is 0 Å². The average Bonchev–Trinajstić information content (AvgIpc) is 2.69. The molecule has 1 aromatic heterocycles. The Labute approximate surface area is 177 Å². The number of aryl methyl sites for hydroxylation is 2. The third-order valence-corrected chi connectivity index (χ3v) is 5.07. The van der Waals surface area contributed by atoms with E-state index in [0.29, 0.717) is 5.56 Å². The number of halogens is 1. The predicted octanol–water partition coefficient (Wildman–Crippen LogP) is 3.97. The SMILES string of the molecule is Cc1ccc(CNC(=O)[C@H](C(=O)c2cccc(Br)c2)n2ccc(C)cc2=O)cc1. The Bertz CT molecular complexity index is 1100. The maximum Gasteiger partial charge on any atom is 0.251 e. The van der Waals surface area contributed by atoms with E-state index in [9.17, 15) is 14.4 Å². The third-order valence-electron chi connectivity index (χ3n) is 4.58. The monoisotopic (exact) mass is 452 g/mol.